The molecule has 0 radical (unpaired) electrons. The molecule has 2 aromatic carbocycles. The molecule has 1 aromatic heterocycles. The molecule has 1 unspecified atom stereocenters. The van der Waals surface area contributed by atoms with E-state index in [1.807, 2.05) is 6.07 Å². The van der Waals surface area contributed by atoms with Crippen molar-refractivity contribution in [2.45, 2.75) is 127 Å². The average molecular weight is 865 g/mol. The summed E-state index contributed by atoms with van der Waals surface area (Å²) in [6.45, 7) is 7.30. The lowest BCUT2D eigenvalue weighted by atomic mass is 9.89. The number of carbonyl (C=O) groups is 5. The average Bonchev–Trinajstić information content (AvgIpc) is 3.51. The van der Waals surface area contributed by atoms with Crippen molar-refractivity contribution in [3.63, 3.8) is 0 Å². The Morgan fingerprint density at radius 2 is 1.52 bits per heavy atom. The molecule has 3 aromatic rings. The number of fused-ring (bicyclic) bond motifs is 1. The molecule has 2 saturated heterocycles. The number of nitrogens with one attached hydrogen (secondary N) is 2. The van der Waals surface area contributed by atoms with Crippen LogP contribution in [0.5, 0.6) is 11.5 Å². The topological polar surface area (TPSA) is 187 Å². The van der Waals surface area contributed by atoms with Crippen LogP contribution in [-0.2, 0) is 9.59 Å². The highest BCUT2D eigenvalue weighted by molar-refractivity contribution is 6.31. The first kappa shape index (κ1) is 43.1. The van der Waals surface area contributed by atoms with E-state index in [2.05, 4.69) is 50.5 Å². The van der Waals surface area contributed by atoms with Crippen molar-refractivity contribution in [1.82, 2.24) is 30.6 Å². The predicted octanol–water partition coefficient (Wildman–Crippen LogP) is 5.84. The van der Waals surface area contributed by atoms with Crippen LogP contribution in [0.1, 0.15) is 128 Å². The van der Waals surface area contributed by atoms with E-state index in [-0.39, 0.29) is 48.1 Å². The molecule has 0 bridgehead atoms. The van der Waals surface area contributed by atoms with Crippen LogP contribution in [0.4, 0.5) is 5.82 Å². The summed E-state index contributed by atoms with van der Waals surface area (Å²) in [5, 5.41) is 23.6. The van der Waals surface area contributed by atoms with Crippen molar-refractivity contribution in [2.75, 3.05) is 24.5 Å². The minimum Gasteiger partial charge on any atom is -0.490 e. The molecule has 1 atom stereocenters. The Balaban J connectivity index is 0.760. The third-order valence-corrected chi connectivity index (χ3v) is 13.5. The largest absolute Gasteiger partial charge is 0.490 e. The second-order valence-electron chi connectivity index (χ2n) is 17.5. The lowest BCUT2D eigenvalue weighted by Crippen LogP contribution is -2.54. The van der Waals surface area contributed by atoms with Crippen molar-refractivity contribution in [3.8, 4) is 17.6 Å². The van der Waals surface area contributed by atoms with Gasteiger partial charge in [-0.05, 0) is 133 Å². The number of nitrogens with zero attached hydrogens (tertiary/aromatic N) is 6. The highest BCUT2D eigenvalue weighted by Crippen LogP contribution is 2.34. The van der Waals surface area contributed by atoms with E-state index in [0.717, 1.165) is 94.6 Å². The highest BCUT2D eigenvalue weighted by atomic mass is 35.5. The maximum atomic E-state index is 13.3. The Bertz CT molecular complexity index is 2220. The molecule has 4 heterocycles. The summed E-state index contributed by atoms with van der Waals surface area (Å²) in [4.78, 5) is 69.5. The van der Waals surface area contributed by atoms with Gasteiger partial charge in [0.25, 0.3) is 17.7 Å². The zero-order valence-corrected chi connectivity index (χ0v) is 35.9. The second-order valence-corrected chi connectivity index (χ2v) is 17.9. The van der Waals surface area contributed by atoms with Gasteiger partial charge in [0.1, 0.15) is 23.6 Å². The Labute approximate surface area is 366 Å². The molecule has 8 rings (SSSR count). The fourth-order valence-electron chi connectivity index (χ4n) is 9.69. The summed E-state index contributed by atoms with van der Waals surface area (Å²) in [5.41, 5.74) is 1.19. The van der Waals surface area contributed by atoms with Gasteiger partial charge >= 0.3 is 0 Å². The number of hydrogen-bond donors (Lipinski definition) is 2. The van der Waals surface area contributed by atoms with Crippen LogP contribution >= 0.6 is 11.6 Å². The third kappa shape index (κ3) is 9.56. The molecule has 5 aliphatic rings. The summed E-state index contributed by atoms with van der Waals surface area (Å²) in [6.07, 6.45) is 9.16. The normalized spacial score (nSPS) is 24.5. The van der Waals surface area contributed by atoms with Crippen molar-refractivity contribution < 1.29 is 33.4 Å². The standard InChI is InChI=1S/C46H53ClN8O7/c1-27(2)54(31-6-11-33(12-7-31)61-34-13-14-36-37(23-34)46(60)55(45(36)59)40-16-18-42(56)50-44(40)58)26-28-19-21-53(22-20-28)41-17-15-39(51-52-41)43(57)49-30-4-9-32(10-5-30)62-35-8-3-29(25-48)38(47)24-35/h3,8,13-15,17,23-24,27-28,30-33,40H,4-7,9-12,16,18-22,26H2,1-2H3,(H,49,57)(H,50,56,58). The van der Waals surface area contributed by atoms with Crippen LogP contribution in [0, 0.1) is 17.2 Å². The molecule has 5 amide bonds. The number of aromatic nitrogens is 2. The van der Waals surface area contributed by atoms with Gasteiger partial charge in [-0.25, -0.2) is 0 Å². The zero-order valence-electron chi connectivity index (χ0n) is 35.2. The molecule has 2 aliphatic carbocycles. The quantitative estimate of drug-likeness (QED) is 0.208. The van der Waals surface area contributed by atoms with E-state index < -0.39 is 29.7 Å². The summed E-state index contributed by atoms with van der Waals surface area (Å²) < 4.78 is 12.5. The van der Waals surface area contributed by atoms with Crippen LogP contribution in [-0.4, -0.2) is 106 Å². The van der Waals surface area contributed by atoms with Gasteiger partial charge in [-0.2, -0.15) is 5.26 Å². The Morgan fingerprint density at radius 1 is 0.855 bits per heavy atom. The Hall–Kier alpha value is -5.59. The minimum atomic E-state index is -1.00. The van der Waals surface area contributed by atoms with Gasteiger partial charge in [0.15, 0.2) is 11.5 Å². The smallest absolute Gasteiger partial charge is 0.272 e. The molecule has 2 saturated carbocycles. The summed E-state index contributed by atoms with van der Waals surface area (Å²) in [6, 6.07) is 15.6. The van der Waals surface area contributed by atoms with Crippen molar-refractivity contribution in [1.29, 1.82) is 5.26 Å². The number of benzene rings is 2. The van der Waals surface area contributed by atoms with E-state index in [9.17, 15) is 24.0 Å². The van der Waals surface area contributed by atoms with Gasteiger partial charge in [-0.3, -0.25) is 39.1 Å². The number of hydrogen-bond acceptors (Lipinski definition) is 12. The van der Waals surface area contributed by atoms with Crippen LogP contribution in [0.3, 0.4) is 0 Å². The van der Waals surface area contributed by atoms with Crippen molar-refractivity contribution in [3.05, 3.63) is 75.9 Å². The number of amides is 5. The molecule has 3 aliphatic heterocycles. The minimum absolute atomic E-state index is 0.0125. The van der Waals surface area contributed by atoms with Gasteiger partial charge in [0.05, 0.1) is 33.9 Å². The van der Waals surface area contributed by atoms with E-state index in [4.69, 9.17) is 26.3 Å². The highest BCUT2D eigenvalue weighted by Gasteiger charge is 2.45. The van der Waals surface area contributed by atoms with E-state index in [0.29, 0.717) is 45.8 Å². The lowest BCUT2D eigenvalue weighted by molar-refractivity contribution is -0.136. The van der Waals surface area contributed by atoms with Gasteiger partial charge in [0, 0.05) is 50.2 Å². The first-order valence-electron chi connectivity index (χ1n) is 22.0. The molecule has 15 nitrogen and oxygen atoms in total. The molecular weight excluding hydrogens is 812 g/mol. The number of imide groups is 2. The number of halogens is 1. The third-order valence-electron chi connectivity index (χ3n) is 13.2. The number of carbonyl (C=O) groups excluding carboxylic acids is 5. The molecule has 62 heavy (non-hydrogen) atoms. The molecule has 4 fully saturated rings. The van der Waals surface area contributed by atoms with E-state index in [1.54, 1.807) is 42.5 Å². The number of nitriles is 1. The monoisotopic (exact) mass is 864 g/mol. The van der Waals surface area contributed by atoms with Crippen LogP contribution in [0.25, 0.3) is 0 Å². The zero-order chi connectivity index (χ0) is 43.5. The van der Waals surface area contributed by atoms with Crippen LogP contribution < -0.4 is 25.0 Å². The van der Waals surface area contributed by atoms with Crippen LogP contribution in [0.15, 0.2) is 48.5 Å². The molecular formula is C46H53ClN8O7. The SMILES string of the molecule is CC(C)N(CC1CCN(c2ccc(C(=O)NC3CCC(Oc4ccc(C#N)c(Cl)c4)CC3)nn2)CC1)C1CCC(Oc2ccc3c(c2)C(=O)N(C2CCC(=O)NC2=O)C3=O)CC1. The van der Waals surface area contributed by atoms with E-state index in [1.165, 1.54) is 0 Å². The maximum Gasteiger partial charge on any atom is 0.272 e. The van der Waals surface area contributed by atoms with Crippen LogP contribution in [0.2, 0.25) is 5.02 Å². The van der Waals surface area contributed by atoms with Gasteiger partial charge in [-0.15, -0.1) is 10.2 Å². The second kappa shape index (κ2) is 18.8. The van der Waals surface area contributed by atoms with Crippen molar-refractivity contribution >= 4 is 47.0 Å². The molecule has 16 heteroatoms. The number of rotatable bonds is 12. The summed E-state index contributed by atoms with van der Waals surface area (Å²) in [7, 11) is 0. The maximum absolute atomic E-state index is 13.3. The molecule has 326 valence electrons. The lowest BCUT2D eigenvalue weighted by Gasteiger charge is -2.42. The first-order chi connectivity index (χ1) is 29.9. The number of piperidine rings is 2. The fourth-order valence-corrected chi connectivity index (χ4v) is 9.90. The van der Waals surface area contributed by atoms with Gasteiger partial charge in [0.2, 0.25) is 11.8 Å². The molecule has 0 spiro atoms. The Kier molecular flexibility index (Phi) is 13.1. The summed E-state index contributed by atoms with van der Waals surface area (Å²) >= 11 is 6.16. The van der Waals surface area contributed by atoms with E-state index >= 15 is 0 Å². The van der Waals surface area contributed by atoms with Gasteiger partial charge in [-0.1, -0.05) is 11.6 Å². The fraction of sp³-hybridized carbons (Fsp3) is 0.522. The number of ether oxygens (including phenoxy) is 2. The predicted molar refractivity (Wildman–Crippen MR) is 229 cm³/mol. The first-order valence-corrected chi connectivity index (χ1v) is 22.4. The molecule has 2 N–H and O–H groups in total. The Morgan fingerprint density at radius 3 is 2.15 bits per heavy atom. The summed E-state index contributed by atoms with van der Waals surface area (Å²) in [5.74, 6) is 0.185. The number of anilines is 1. The van der Waals surface area contributed by atoms with Crippen molar-refractivity contribution in [2.24, 2.45) is 5.92 Å². The van der Waals surface area contributed by atoms with Gasteiger partial charge < -0.3 is 19.7 Å².